The van der Waals surface area contributed by atoms with Gasteiger partial charge in [0.2, 0.25) is 5.91 Å². The van der Waals surface area contributed by atoms with E-state index >= 15 is 0 Å². The molecular weight excluding hydrogens is 224 g/mol. The third-order valence-corrected chi connectivity index (χ3v) is 3.01. The minimum absolute atomic E-state index is 0.0123. The van der Waals surface area contributed by atoms with E-state index in [0.29, 0.717) is 13.1 Å². The van der Waals surface area contributed by atoms with Gasteiger partial charge in [0.1, 0.15) is 6.54 Å². The van der Waals surface area contributed by atoms with E-state index in [4.69, 9.17) is 0 Å². The van der Waals surface area contributed by atoms with Crippen LogP contribution in [0.5, 0.6) is 0 Å². The summed E-state index contributed by atoms with van der Waals surface area (Å²) >= 11 is 0. The van der Waals surface area contributed by atoms with E-state index in [-0.39, 0.29) is 5.91 Å². The molecule has 2 aromatic rings. The number of hydrogen-bond donors (Lipinski definition) is 1. The van der Waals surface area contributed by atoms with Crippen LogP contribution in [0.15, 0.2) is 43.1 Å². The first-order chi connectivity index (χ1) is 8.76. The summed E-state index contributed by atoms with van der Waals surface area (Å²) in [5, 5.41) is 3.98. The lowest BCUT2D eigenvalue weighted by Crippen LogP contribution is -2.27. The number of hydrogen-bond acceptors (Lipinski definition) is 1. The topological polar surface area (TPSA) is 34.0 Å². The molecule has 3 nitrogen and oxygen atoms in total. The number of aryl methyl sites for hydroxylation is 1. The number of amides is 1. The van der Waals surface area contributed by atoms with Gasteiger partial charge in [-0.1, -0.05) is 31.2 Å². The summed E-state index contributed by atoms with van der Waals surface area (Å²) < 4.78 is 2.01. The lowest BCUT2D eigenvalue weighted by Gasteiger charge is -2.08. The Morgan fingerprint density at radius 3 is 3.00 bits per heavy atom. The minimum Gasteiger partial charge on any atom is -0.351 e. The Labute approximate surface area is 107 Å². The highest BCUT2D eigenvalue weighted by Crippen LogP contribution is 2.20. The summed E-state index contributed by atoms with van der Waals surface area (Å²) in [6.07, 6.45) is 4.62. The fraction of sp³-hybridized carbons (Fsp3) is 0.267. The molecule has 18 heavy (non-hydrogen) atoms. The second-order valence-electron chi connectivity index (χ2n) is 4.24. The monoisotopic (exact) mass is 242 g/mol. The number of rotatable bonds is 5. The molecule has 1 heterocycles. The Kier molecular flexibility index (Phi) is 3.82. The standard InChI is InChI=1S/C15H18N2O/c1-3-9-16-14(18)11-17-10-8-13-7-5-6-12(4-2)15(13)17/h3,5-8,10H,1,4,9,11H2,2H3,(H,16,18). The van der Waals surface area contributed by atoms with Gasteiger partial charge in [-0.15, -0.1) is 6.58 Å². The second-order valence-corrected chi connectivity index (χ2v) is 4.24. The average molecular weight is 242 g/mol. The number of para-hydroxylation sites is 1. The molecule has 1 aromatic carbocycles. The molecule has 1 amide bonds. The molecule has 0 radical (unpaired) electrons. The molecule has 0 aliphatic heterocycles. The van der Waals surface area contributed by atoms with Gasteiger partial charge in [-0.25, -0.2) is 0 Å². The van der Waals surface area contributed by atoms with Crippen molar-refractivity contribution in [3.8, 4) is 0 Å². The molecule has 3 heteroatoms. The van der Waals surface area contributed by atoms with Crippen LogP contribution in [-0.4, -0.2) is 17.0 Å². The Bertz CT molecular complexity index is 569. The van der Waals surface area contributed by atoms with Gasteiger partial charge in [0.15, 0.2) is 0 Å². The lowest BCUT2D eigenvalue weighted by molar-refractivity contribution is -0.121. The lowest BCUT2D eigenvalue weighted by atomic mass is 10.1. The summed E-state index contributed by atoms with van der Waals surface area (Å²) in [6, 6.07) is 8.30. The third kappa shape index (κ3) is 2.45. The van der Waals surface area contributed by atoms with Gasteiger partial charge in [-0.05, 0) is 23.4 Å². The van der Waals surface area contributed by atoms with Crippen LogP contribution in [0.2, 0.25) is 0 Å². The van der Waals surface area contributed by atoms with Crippen molar-refractivity contribution in [1.82, 2.24) is 9.88 Å². The molecule has 0 unspecified atom stereocenters. The molecular formula is C15H18N2O. The van der Waals surface area contributed by atoms with Gasteiger partial charge in [0.25, 0.3) is 0 Å². The second kappa shape index (κ2) is 5.54. The number of benzene rings is 1. The Balaban J connectivity index is 2.28. The largest absolute Gasteiger partial charge is 0.351 e. The van der Waals surface area contributed by atoms with Crippen molar-refractivity contribution < 1.29 is 4.79 Å². The number of nitrogens with one attached hydrogen (secondary N) is 1. The zero-order valence-electron chi connectivity index (χ0n) is 10.6. The van der Waals surface area contributed by atoms with Crippen molar-refractivity contribution in [2.24, 2.45) is 0 Å². The van der Waals surface area contributed by atoms with E-state index < -0.39 is 0 Å². The van der Waals surface area contributed by atoms with Crippen molar-refractivity contribution in [2.75, 3.05) is 6.54 Å². The molecule has 1 N–H and O–H groups in total. The van der Waals surface area contributed by atoms with Crippen LogP contribution in [0.1, 0.15) is 12.5 Å². The Hall–Kier alpha value is -2.03. The highest BCUT2D eigenvalue weighted by Gasteiger charge is 2.08. The molecule has 94 valence electrons. The molecule has 0 fully saturated rings. The van der Waals surface area contributed by atoms with Crippen molar-refractivity contribution >= 4 is 16.8 Å². The van der Waals surface area contributed by atoms with E-state index in [9.17, 15) is 4.79 Å². The summed E-state index contributed by atoms with van der Waals surface area (Å²) in [5.41, 5.74) is 2.43. The van der Waals surface area contributed by atoms with E-state index in [2.05, 4.69) is 43.1 Å². The van der Waals surface area contributed by atoms with Gasteiger partial charge in [0, 0.05) is 12.7 Å². The predicted octanol–water partition coefficient (Wildman–Crippen LogP) is 2.51. The number of fused-ring (bicyclic) bond motifs is 1. The smallest absolute Gasteiger partial charge is 0.240 e. The van der Waals surface area contributed by atoms with Crippen LogP contribution in [0.25, 0.3) is 10.9 Å². The van der Waals surface area contributed by atoms with Crippen LogP contribution >= 0.6 is 0 Å². The van der Waals surface area contributed by atoms with Crippen molar-refractivity contribution in [3.05, 3.63) is 48.7 Å². The van der Waals surface area contributed by atoms with Crippen molar-refractivity contribution in [1.29, 1.82) is 0 Å². The Morgan fingerprint density at radius 1 is 1.44 bits per heavy atom. The molecule has 0 aliphatic carbocycles. The maximum atomic E-state index is 11.7. The summed E-state index contributed by atoms with van der Waals surface area (Å²) in [5.74, 6) is 0.0123. The van der Waals surface area contributed by atoms with E-state index in [1.807, 2.05) is 10.8 Å². The van der Waals surface area contributed by atoms with Crippen LogP contribution in [0.3, 0.4) is 0 Å². The summed E-state index contributed by atoms with van der Waals surface area (Å²) in [6.45, 7) is 6.58. The Morgan fingerprint density at radius 2 is 2.28 bits per heavy atom. The van der Waals surface area contributed by atoms with E-state index in [1.54, 1.807) is 6.08 Å². The third-order valence-electron chi connectivity index (χ3n) is 3.01. The maximum absolute atomic E-state index is 11.7. The highest BCUT2D eigenvalue weighted by molar-refractivity contribution is 5.85. The average Bonchev–Trinajstić information content (AvgIpc) is 2.79. The van der Waals surface area contributed by atoms with Gasteiger partial charge >= 0.3 is 0 Å². The van der Waals surface area contributed by atoms with Gasteiger partial charge in [0.05, 0.1) is 5.52 Å². The maximum Gasteiger partial charge on any atom is 0.240 e. The van der Waals surface area contributed by atoms with Gasteiger partial charge < -0.3 is 9.88 Å². The fourth-order valence-electron chi connectivity index (χ4n) is 2.15. The van der Waals surface area contributed by atoms with Crippen LogP contribution in [-0.2, 0) is 17.8 Å². The number of nitrogens with zero attached hydrogens (tertiary/aromatic N) is 1. The quantitative estimate of drug-likeness (QED) is 0.803. The predicted molar refractivity (Wildman–Crippen MR) is 74.5 cm³/mol. The molecule has 0 atom stereocenters. The van der Waals surface area contributed by atoms with Gasteiger partial charge in [-0.3, -0.25) is 4.79 Å². The van der Waals surface area contributed by atoms with Crippen LogP contribution in [0.4, 0.5) is 0 Å². The molecule has 0 saturated heterocycles. The first-order valence-corrected chi connectivity index (χ1v) is 6.20. The summed E-state index contributed by atoms with van der Waals surface area (Å²) in [4.78, 5) is 11.7. The van der Waals surface area contributed by atoms with Gasteiger partial charge in [-0.2, -0.15) is 0 Å². The first-order valence-electron chi connectivity index (χ1n) is 6.20. The zero-order valence-corrected chi connectivity index (χ0v) is 10.6. The van der Waals surface area contributed by atoms with Crippen LogP contribution < -0.4 is 5.32 Å². The van der Waals surface area contributed by atoms with E-state index in [1.165, 1.54) is 10.9 Å². The molecule has 0 aliphatic rings. The fourth-order valence-corrected chi connectivity index (χ4v) is 2.15. The number of carbonyl (C=O) groups is 1. The molecule has 0 spiro atoms. The zero-order chi connectivity index (χ0) is 13.0. The number of carbonyl (C=O) groups excluding carboxylic acids is 1. The normalized spacial score (nSPS) is 10.5. The molecule has 0 bridgehead atoms. The highest BCUT2D eigenvalue weighted by atomic mass is 16.1. The minimum atomic E-state index is 0.0123. The van der Waals surface area contributed by atoms with E-state index in [0.717, 1.165) is 11.9 Å². The molecule has 2 rings (SSSR count). The molecule has 0 saturated carbocycles. The number of aromatic nitrogens is 1. The van der Waals surface area contributed by atoms with Crippen molar-refractivity contribution in [3.63, 3.8) is 0 Å². The molecule has 1 aromatic heterocycles. The van der Waals surface area contributed by atoms with Crippen molar-refractivity contribution in [2.45, 2.75) is 19.9 Å². The first kappa shape index (κ1) is 12.4. The van der Waals surface area contributed by atoms with Crippen LogP contribution in [0, 0.1) is 0 Å². The summed E-state index contributed by atoms with van der Waals surface area (Å²) in [7, 11) is 0. The SMILES string of the molecule is C=CCNC(=O)Cn1ccc2cccc(CC)c21.